The first-order valence-electron chi connectivity index (χ1n) is 9.25. The van der Waals surface area contributed by atoms with Gasteiger partial charge in [-0.2, -0.15) is 0 Å². The molecule has 0 atom stereocenters. The van der Waals surface area contributed by atoms with Gasteiger partial charge >= 0.3 is 0 Å². The molecule has 0 saturated carbocycles. The normalized spacial score (nSPS) is 13.2. The molecule has 126 valence electrons. The number of fused-ring (bicyclic) bond motifs is 8. The molecule has 4 nitrogen and oxygen atoms in total. The number of aromatic nitrogens is 4. The van der Waals surface area contributed by atoms with Crippen LogP contribution in [0, 0.1) is 0 Å². The molecule has 0 spiro atoms. The van der Waals surface area contributed by atoms with Crippen LogP contribution in [0.25, 0.3) is 46.4 Å². The molecule has 2 N–H and O–H groups in total. The number of H-pyrrole nitrogens is 2. The second kappa shape index (κ2) is 5.85. The molecule has 0 amide bonds. The summed E-state index contributed by atoms with van der Waals surface area (Å²) in [4.78, 5) is 16.1. The number of aryl methyl sites for hydroxylation is 1. The lowest BCUT2D eigenvalue weighted by atomic mass is 10.2. The number of hydrogen-bond donors (Lipinski definition) is 2. The maximum atomic E-state index is 8.52. The van der Waals surface area contributed by atoms with Gasteiger partial charge in [-0.25, -0.2) is 9.97 Å². The first kappa shape index (κ1) is 13.8. The summed E-state index contributed by atoms with van der Waals surface area (Å²) in [6.45, 7) is 2.07. The number of aromatic amines is 2. The predicted octanol–water partition coefficient (Wildman–Crippen LogP) is 5.22. The molecule has 3 aromatic rings. The maximum Gasteiger partial charge on any atom is 0.0658 e. The molecule has 4 heteroatoms. The summed E-state index contributed by atoms with van der Waals surface area (Å²) in [5, 5.41) is 0. The maximum absolute atomic E-state index is 8.52. The predicted molar refractivity (Wildman–Crippen MR) is 108 cm³/mol. The van der Waals surface area contributed by atoms with E-state index >= 15 is 0 Å². The van der Waals surface area contributed by atoms with Gasteiger partial charge in [0.05, 0.1) is 24.1 Å². The SMILES string of the molecule is [2H]c1c(CC)c2cc3nc(cc4ccc(cc5nc(cc1[nH]2)C=C5)[nH]4)C=C3. The fourth-order valence-electron chi connectivity index (χ4n) is 3.28. The lowest BCUT2D eigenvalue weighted by Gasteiger charge is -1.89. The minimum atomic E-state index is 0.522. The van der Waals surface area contributed by atoms with Crippen LogP contribution in [0.5, 0.6) is 0 Å². The van der Waals surface area contributed by atoms with Gasteiger partial charge < -0.3 is 9.97 Å². The molecular weight excluding hydrogens is 320 g/mol. The second-order valence-corrected chi connectivity index (χ2v) is 6.45. The van der Waals surface area contributed by atoms with Crippen molar-refractivity contribution >= 4 is 46.4 Å². The fraction of sp³-hybridized carbons (Fsp3) is 0.0909. The number of rotatable bonds is 1. The number of hydrogen-bond acceptors (Lipinski definition) is 2. The largest absolute Gasteiger partial charge is 0.355 e. The molecule has 5 heterocycles. The van der Waals surface area contributed by atoms with E-state index in [-0.39, 0.29) is 0 Å². The highest BCUT2D eigenvalue weighted by molar-refractivity contribution is 5.78. The van der Waals surface area contributed by atoms with Crippen LogP contribution in [0.1, 0.15) is 36.6 Å². The molecule has 2 aliphatic heterocycles. The van der Waals surface area contributed by atoms with Crippen LogP contribution in [-0.2, 0) is 6.42 Å². The van der Waals surface area contributed by atoms with Crippen molar-refractivity contribution in [3.8, 4) is 0 Å². The Bertz CT molecular complexity index is 1270. The molecule has 26 heavy (non-hydrogen) atoms. The summed E-state index contributed by atoms with van der Waals surface area (Å²) >= 11 is 0. The molecule has 0 saturated heterocycles. The van der Waals surface area contributed by atoms with Crippen LogP contribution in [0.15, 0.2) is 42.4 Å². The smallest absolute Gasteiger partial charge is 0.0658 e. The molecular formula is C22H18N4. The van der Waals surface area contributed by atoms with E-state index in [2.05, 4.69) is 26.9 Å². The van der Waals surface area contributed by atoms with E-state index in [9.17, 15) is 0 Å². The zero-order valence-corrected chi connectivity index (χ0v) is 14.4. The van der Waals surface area contributed by atoms with E-state index in [0.717, 1.165) is 56.8 Å². The average Bonchev–Trinajstić information content (AvgIpc) is 3.41. The van der Waals surface area contributed by atoms with Crippen LogP contribution in [-0.4, -0.2) is 19.9 Å². The van der Waals surface area contributed by atoms with E-state index in [1.54, 1.807) is 0 Å². The van der Waals surface area contributed by atoms with Gasteiger partial charge in [0.2, 0.25) is 0 Å². The minimum absolute atomic E-state index is 0.522. The lowest BCUT2D eigenvalue weighted by Crippen LogP contribution is -1.77. The van der Waals surface area contributed by atoms with E-state index in [1.807, 2.05) is 60.7 Å². The Hall–Kier alpha value is -3.40. The topological polar surface area (TPSA) is 57.4 Å². The standard InChI is InChI=1S/C22H18N4/c1-2-14-9-21-12-19-6-5-17(24-19)10-15-3-4-16(23-15)11-18-7-8-20(25-18)13-22(14)26-21/h3-13,23,26H,2H2,1H3/i9D. The molecule has 0 aliphatic carbocycles. The fourth-order valence-corrected chi connectivity index (χ4v) is 3.28. The quantitative estimate of drug-likeness (QED) is 0.440. The molecule has 0 aromatic carbocycles. The van der Waals surface area contributed by atoms with E-state index < -0.39 is 0 Å². The highest BCUT2D eigenvalue weighted by Gasteiger charge is 2.03. The zero-order chi connectivity index (χ0) is 18.4. The molecule has 0 unspecified atom stereocenters. The Kier molecular flexibility index (Phi) is 3.11. The van der Waals surface area contributed by atoms with Crippen molar-refractivity contribution in [2.24, 2.45) is 0 Å². The van der Waals surface area contributed by atoms with Gasteiger partial charge in [0.25, 0.3) is 0 Å². The van der Waals surface area contributed by atoms with Gasteiger partial charge in [0.15, 0.2) is 0 Å². The molecule has 2 aliphatic rings. The van der Waals surface area contributed by atoms with Crippen LogP contribution in [0.3, 0.4) is 0 Å². The van der Waals surface area contributed by atoms with Crippen molar-refractivity contribution < 1.29 is 1.37 Å². The summed E-state index contributed by atoms with van der Waals surface area (Å²) in [6.07, 6.45) is 8.74. The summed E-state index contributed by atoms with van der Waals surface area (Å²) in [6, 6.07) is 12.6. The van der Waals surface area contributed by atoms with Crippen molar-refractivity contribution in [3.63, 3.8) is 0 Å². The zero-order valence-electron chi connectivity index (χ0n) is 15.4. The summed E-state index contributed by atoms with van der Waals surface area (Å²) in [5.41, 5.74) is 8.20. The molecule has 8 bridgehead atoms. The van der Waals surface area contributed by atoms with Gasteiger partial charge in [0, 0.05) is 22.1 Å². The third kappa shape index (κ3) is 2.75. The first-order chi connectivity index (χ1) is 13.2. The Morgan fingerprint density at radius 3 is 1.88 bits per heavy atom. The first-order valence-corrected chi connectivity index (χ1v) is 8.75. The van der Waals surface area contributed by atoms with Crippen molar-refractivity contribution in [2.45, 2.75) is 13.3 Å². The Morgan fingerprint density at radius 1 is 0.769 bits per heavy atom. The molecule has 5 rings (SSSR count). The summed E-state index contributed by atoms with van der Waals surface area (Å²) in [7, 11) is 0. The molecule has 0 fully saturated rings. The van der Waals surface area contributed by atoms with Crippen LogP contribution in [0.4, 0.5) is 0 Å². The molecule has 0 radical (unpaired) electrons. The van der Waals surface area contributed by atoms with Gasteiger partial charge in [-0.1, -0.05) is 6.92 Å². The Balaban J connectivity index is 1.89. The lowest BCUT2D eigenvalue weighted by molar-refractivity contribution is 1.16. The number of nitrogens with zero attached hydrogens (tertiary/aromatic N) is 2. The molecule has 3 aromatic heterocycles. The van der Waals surface area contributed by atoms with Gasteiger partial charge in [-0.15, -0.1) is 0 Å². The van der Waals surface area contributed by atoms with Crippen molar-refractivity contribution in [1.29, 1.82) is 0 Å². The van der Waals surface area contributed by atoms with E-state index in [4.69, 9.17) is 1.37 Å². The Labute approximate surface area is 152 Å². The third-order valence-electron chi connectivity index (χ3n) is 4.52. The summed E-state index contributed by atoms with van der Waals surface area (Å²) < 4.78 is 8.52. The van der Waals surface area contributed by atoms with E-state index in [0.29, 0.717) is 6.04 Å². The third-order valence-corrected chi connectivity index (χ3v) is 4.52. The highest BCUT2D eigenvalue weighted by Crippen LogP contribution is 2.19. The number of nitrogens with one attached hydrogen (secondary N) is 2. The minimum Gasteiger partial charge on any atom is -0.355 e. The Morgan fingerprint density at radius 2 is 1.31 bits per heavy atom. The van der Waals surface area contributed by atoms with Crippen LogP contribution in [0.2, 0.25) is 0 Å². The van der Waals surface area contributed by atoms with Crippen molar-refractivity contribution in [3.05, 3.63) is 70.8 Å². The second-order valence-electron chi connectivity index (χ2n) is 6.45. The monoisotopic (exact) mass is 339 g/mol. The summed E-state index contributed by atoms with van der Waals surface area (Å²) in [5.74, 6) is 0. The van der Waals surface area contributed by atoms with Gasteiger partial charge in [-0.3, -0.25) is 0 Å². The average molecular weight is 339 g/mol. The van der Waals surface area contributed by atoms with Crippen LogP contribution < -0.4 is 0 Å². The van der Waals surface area contributed by atoms with Crippen molar-refractivity contribution in [2.75, 3.05) is 0 Å². The van der Waals surface area contributed by atoms with Gasteiger partial charge in [-0.05, 0) is 78.7 Å². The van der Waals surface area contributed by atoms with Gasteiger partial charge in [0.1, 0.15) is 0 Å². The van der Waals surface area contributed by atoms with E-state index in [1.165, 1.54) is 0 Å². The highest BCUT2D eigenvalue weighted by atomic mass is 14.8. The van der Waals surface area contributed by atoms with Crippen LogP contribution >= 0.6 is 0 Å². The van der Waals surface area contributed by atoms with Crippen molar-refractivity contribution in [1.82, 2.24) is 19.9 Å².